The number of hydrogen-bond donors (Lipinski definition) is 1. The monoisotopic (exact) mass is 297 g/mol. The SMILES string of the molecule is CC(C)(C)c1ccc(Sc2ccc(C3CC3N)cc2)cc1. The summed E-state index contributed by atoms with van der Waals surface area (Å²) in [5.74, 6) is 0.593. The van der Waals surface area contributed by atoms with E-state index in [4.69, 9.17) is 5.73 Å². The van der Waals surface area contributed by atoms with Gasteiger partial charge in [0.15, 0.2) is 0 Å². The van der Waals surface area contributed by atoms with Crippen LogP contribution in [0.1, 0.15) is 44.2 Å². The fraction of sp³-hybridized carbons (Fsp3) is 0.368. The van der Waals surface area contributed by atoms with Gasteiger partial charge in [-0.1, -0.05) is 56.8 Å². The molecule has 0 aliphatic heterocycles. The summed E-state index contributed by atoms with van der Waals surface area (Å²) in [6.45, 7) is 6.74. The van der Waals surface area contributed by atoms with Crippen molar-refractivity contribution in [3.05, 3.63) is 59.7 Å². The van der Waals surface area contributed by atoms with Gasteiger partial charge in [-0.3, -0.25) is 0 Å². The van der Waals surface area contributed by atoms with E-state index in [1.165, 1.54) is 20.9 Å². The lowest BCUT2D eigenvalue weighted by atomic mass is 9.87. The van der Waals surface area contributed by atoms with Gasteiger partial charge in [-0.15, -0.1) is 0 Å². The van der Waals surface area contributed by atoms with Crippen molar-refractivity contribution in [3.8, 4) is 0 Å². The van der Waals surface area contributed by atoms with Crippen LogP contribution in [0.2, 0.25) is 0 Å². The standard InChI is InChI=1S/C19H23NS/c1-19(2,3)14-6-10-16(11-7-14)21-15-8-4-13(5-9-15)17-12-18(17)20/h4-11,17-18H,12,20H2,1-3H3. The Bertz CT molecular complexity index is 608. The van der Waals surface area contributed by atoms with Gasteiger partial charge in [0.05, 0.1) is 0 Å². The second-order valence-corrected chi connectivity index (χ2v) is 8.10. The van der Waals surface area contributed by atoms with E-state index in [1.807, 2.05) is 11.8 Å². The maximum atomic E-state index is 5.90. The third kappa shape index (κ3) is 3.50. The number of benzene rings is 2. The number of rotatable bonds is 3. The lowest BCUT2D eigenvalue weighted by molar-refractivity contribution is 0.590. The quantitative estimate of drug-likeness (QED) is 0.867. The molecule has 2 aromatic carbocycles. The Morgan fingerprint density at radius 3 is 1.81 bits per heavy atom. The zero-order valence-corrected chi connectivity index (χ0v) is 13.8. The molecule has 0 saturated heterocycles. The van der Waals surface area contributed by atoms with Crippen LogP contribution in [0.4, 0.5) is 0 Å². The van der Waals surface area contributed by atoms with E-state index in [-0.39, 0.29) is 5.41 Å². The van der Waals surface area contributed by atoms with Crippen molar-refractivity contribution in [1.29, 1.82) is 0 Å². The Kier molecular flexibility index (Phi) is 3.85. The van der Waals surface area contributed by atoms with Crippen LogP contribution < -0.4 is 5.73 Å². The summed E-state index contributed by atoms with van der Waals surface area (Å²) in [5.41, 5.74) is 8.88. The first-order valence-electron chi connectivity index (χ1n) is 7.57. The van der Waals surface area contributed by atoms with E-state index in [0.29, 0.717) is 12.0 Å². The third-order valence-corrected chi connectivity index (χ3v) is 5.12. The highest BCUT2D eigenvalue weighted by atomic mass is 32.2. The summed E-state index contributed by atoms with van der Waals surface area (Å²) < 4.78 is 0. The lowest BCUT2D eigenvalue weighted by Gasteiger charge is -2.19. The van der Waals surface area contributed by atoms with Gasteiger partial charge >= 0.3 is 0 Å². The van der Waals surface area contributed by atoms with Gasteiger partial charge in [0.25, 0.3) is 0 Å². The van der Waals surface area contributed by atoms with Crippen LogP contribution in [-0.2, 0) is 5.41 Å². The molecule has 21 heavy (non-hydrogen) atoms. The minimum absolute atomic E-state index is 0.216. The van der Waals surface area contributed by atoms with Gasteiger partial charge in [-0.2, -0.15) is 0 Å². The van der Waals surface area contributed by atoms with Gasteiger partial charge in [-0.05, 0) is 47.2 Å². The molecule has 0 amide bonds. The molecule has 1 aliphatic carbocycles. The van der Waals surface area contributed by atoms with Crippen LogP contribution >= 0.6 is 11.8 Å². The summed E-state index contributed by atoms with van der Waals surface area (Å²) >= 11 is 1.82. The van der Waals surface area contributed by atoms with Gasteiger partial charge in [0, 0.05) is 21.8 Å². The van der Waals surface area contributed by atoms with E-state index in [2.05, 4.69) is 69.3 Å². The minimum Gasteiger partial charge on any atom is -0.327 e. The average molecular weight is 297 g/mol. The molecule has 2 atom stereocenters. The van der Waals surface area contributed by atoms with Gasteiger partial charge in [0.2, 0.25) is 0 Å². The molecule has 3 rings (SSSR count). The molecule has 1 nitrogen and oxygen atoms in total. The van der Waals surface area contributed by atoms with Crippen LogP contribution in [0.25, 0.3) is 0 Å². The molecule has 2 heteroatoms. The Balaban J connectivity index is 1.68. The first-order chi connectivity index (χ1) is 9.93. The second kappa shape index (κ2) is 5.51. The zero-order valence-electron chi connectivity index (χ0n) is 13.0. The molecule has 2 aromatic rings. The molecule has 1 aliphatic rings. The normalized spacial score (nSPS) is 21.3. The molecule has 110 valence electrons. The summed E-state index contributed by atoms with van der Waals surface area (Å²) in [4.78, 5) is 2.58. The van der Waals surface area contributed by atoms with Gasteiger partial charge in [-0.25, -0.2) is 0 Å². The van der Waals surface area contributed by atoms with Crippen molar-refractivity contribution < 1.29 is 0 Å². The molecule has 0 bridgehead atoms. The predicted octanol–water partition coefficient (Wildman–Crippen LogP) is 4.95. The summed E-state index contributed by atoms with van der Waals surface area (Å²) in [7, 11) is 0. The Morgan fingerprint density at radius 1 is 0.905 bits per heavy atom. The van der Waals surface area contributed by atoms with Crippen LogP contribution in [0.5, 0.6) is 0 Å². The molecule has 0 heterocycles. The lowest BCUT2D eigenvalue weighted by Crippen LogP contribution is -2.10. The number of hydrogen-bond acceptors (Lipinski definition) is 2. The first kappa shape index (κ1) is 14.7. The Hall–Kier alpha value is -1.25. The third-order valence-electron chi connectivity index (χ3n) is 4.10. The summed E-state index contributed by atoms with van der Waals surface area (Å²) in [6, 6.07) is 18.2. The minimum atomic E-state index is 0.216. The van der Waals surface area contributed by atoms with E-state index in [1.54, 1.807) is 0 Å². The van der Waals surface area contributed by atoms with E-state index >= 15 is 0 Å². The van der Waals surface area contributed by atoms with Crippen molar-refractivity contribution >= 4 is 11.8 Å². The van der Waals surface area contributed by atoms with Crippen molar-refractivity contribution in [2.75, 3.05) is 0 Å². The topological polar surface area (TPSA) is 26.0 Å². The highest BCUT2D eigenvalue weighted by Crippen LogP contribution is 2.40. The van der Waals surface area contributed by atoms with Crippen LogP contribution in [0.15, 0.2) is 58.3 Å². The largest absolute Gasteiger partial charge is 0.327 e. The highest BCUT2D eigenvalue weighted by Gasteiger charge is 2.34. The van der Waals surface area contributed by atoms with Gasteiger partial charge < -0.3 is 5.73 Å². The molecular formula is C19H23NS. The molecular weight excluding hydrogens is 274 g/mol. The smallest absolute Gasteiger partial charge is 0.0122 e. The number of nitrogens with two attached hydrogens (primary N) is 1. The first-order valence-corrected chi connectivity index (χ1v) is 8.39. The van der Waals surface area contributed by atoms with Crippen molar-refractivity contribution in [2.45, 2.75) is 54.4 Å². The molecule has 0 radical (unpaired) electrons. The predicted molar refractivity (Wildman–Crippen MR) is 91.0 cm³/mol. The van der Waals surface area contributed by atoms with Crippen LogP contribution in [0, 0.1) is 0 Å². The molecule has 1 fully saturated rings. The van der Waals surface area contributed by atoms with Gasteiger partial charge in [0.1, 0.15) is 0 Å². The van der Waals surface area contributed by atoms with E-state index in [0.717, 1.165) is 6.42 Å². The average Bonchev–Trinajstić information content (AvgIpc) is 3.16. The van der Waals surface area contributed by atoms with Crippen molar-refractivity contribution in [1.82, 2.24) is 0 Å². The summed E-state index contributed by atoms with van der Waals surface area (Å²) in [5, 5.41) is 0. The maximum Gasteiger partial charge on any atom is 0.0122 e. The summed E-state index contributed by atoms with van der Waals surface area (Å²) in [6.07, 6.45) is 1.14. The fourth-order valence-electron chi connectivity index (χ4n) is 2.54. The van der Waals surface area contributed by atoms with E-state index in [9.17, 15) is 0 Å². The fourth-order valence-corrected chi connectivity index (χ4v) is 3.36. The van der Waals surface area contributed by atoms with Crippen LogP contribution in [0.3, 0.4) is 0 Å². The maximum absolute atomic E-state index is 5.90. The molecule has 0 aromatic heterocycles. The molecule has 2 unspecified atom stereocenters. The van der Waals surface area contributed by atoms with Crippen LogP contribution in [-0.4, -0.2) is 6.04 Å². The zero-order chi connectivity index (χ0) is 15.0. The second-order valence-electron chi connectivity index (χ2n) is 6.95. The molecule has 2 N–H and O–H groups in total. The molecule has 1 saturated carbocycles. The Morgan fingerprint density at radius 2 is 1.38 bits per heavy atom. The Labute approximate surface area is 132 Å². The van der Waals surface area contributed by atoms with Crippen molar-refractivity contribution in [3.63, 3.8) is 0 Å². The van der Waals surface area contributed by atoms with Crippen molar-refractivity contribution in [2.24, 2.45) is 5.73 Å². The highest BCUT2D eigenvalue weighted by molar-refractivity contribution is 7.99. The molecule has 0 spiro atoms. The van der Waals surface area contributed by atoms with E-state index < -0.39 is 0 Å².